The van der Waals surface area contributed by atoms with Gasteiger partial charge in [0, 0.05) is 18.6 Å². The van der Waals surface area contributed by atoms with Crippen LogP contribution in [0.1, 0.15) is 5.69 Å². The second-order valence-corrected chi connectivity index (χ2v) is 3.43. The molecule has 0 fully saturated rings. The van der Waals surface area contributed by atoms with E-state index in [1.165, 1.54) is 0 Å². The minimum atomic E-state index is 0.996. The van der Waals surface area contributed by atoms with Gasteiger partial charge < -0.3 is 4.98 Å². The number of hydrogen-bond donors (Lipinski definition) is 1. The monoisotopic (exact) mass is 225 g/mol. The molecule has 0 aromatic carbocycles. The van der Waals surface area contributed by atoms with E-state index < -0.39 is 0 Å². The van der Waals surface area contributed by atoms with Gasteiger partial charge in [-0.3, -0.25) is 0 Å². The lowest BCUT2D eigenvalue weighted by Crippen LogP contribution is -1.91. The van der Waals surface area contributed by atoms with Crippen LogP contribution in [0.15, 0.2) is 29.1 Å². The van der Waals surface area contributed by atoms with E-state index in [4.69, 9.17) is 0 Å². The van der Waals surface area contributed by atoms with Crippen LogP contribution in [0.25, 0.3) is 5.69 Å². The molecule has 2 heterocycles. The zero-order valence-electron chi connectivity index (χ0n) is 6.58. The minimum absolute atomic E-state index is 0.996. The smallest absolute Gasteiger partial charge is 0.0820 e. The van der Waals surface area contributed by atoms with Crippen LogP contribution in [0.3, 0.4) is 0 Å². The van der Waals surface area contributed by atoms with Crippen molar-refractivity contribution < 1.29 is 0 Å². The third-order valence-corrected chi connectivity index (χ3v) is 2.46. The van der Waals surface area contributed by atoms with E-state index in [9.17, 15) is 0 Å². The lowest BCUT2D eigenvalue weighted by molar-refractivity contribution is 0.864. The molecule has 0 amide bonds. The average molecular weight is 226 g/mol. The lowest BCUT2D eigenvalue weighted by Gasteiger charge is -1.92. The maximum atomic E-state index is 4.30. The summed E-state index contributed by atoms with van der Waals surface area (Å²) in [7, 11) is 0. The Bertz CT molecular complexity index is 355. The van der Waals surface area contributed by atoms with Gasteiger partial charge in [0.05, 0.1) is 15.9 Å². The molecule has 0 aliphatic carbocycles. The summed E-state index contributed by atoms with van der Waals surface area (Å²) in [5.74, 6) is 0. The first-order chi connectivity index (χ1) is 5.77. The van der Waals surface area contributed by atoms with E-state index in [2.05, 4.69) is 26.0 Å². The molecule has 0 radical (unpaired) electrons. The normalized spacial score (nSPS) is 10.5. The van der Waals surface area contributed by atoms with E-state index in [1.807, 2.05) is 36.3 Å². The van der Waals surface area contributed by atoms with Crippen LogP contribution in [-0.2, 0) is 0 Å². The van der Waals surface area contributed by atoms with Crippen LogP contribution in [0, 0.1) is 6.92 Å². The number of nitrogens with zero attached hydrogens (tertiary/aromatic N) is 2. The Morgan fingerprint density at radius 3 is 2.92 bits per heavy atom. The summed E-state index contributed by atoms with van der Waals surface area (Å²) in [6, 6.07) is 1.97. The number of rotatable bonds is 1. The Hall–Kier alpha value is -1.03. The van der Waals surface area contributed by atoms with Gasteiger partial charge in [0.25, 0.3) is 0 Å². The third-order valence-electron chi connectivity index (χ3n) is 1.69. The van der Waals surface area contributed by atoms with Crippen LogP contribution in [-0.4, -0.2) is 14.8 Å². The summed E-state index contributed by atoms with van der Waals surface area (Å²) in [5, 5.41) is 4.30. The van der Waals surface area contributed by atoms with Crippen molar-refractivity contribution in [3.63, 3.8) is 0 Å². The molecule has 3 nitrogen and oxygen atoms in total. The van der Waals surface area contributed by atoms with Crippen LogP contribution >= 0.6 is 15.9 Å². The number of aromatic amines is 1. The topological polar surface area (TPSA) is 33.6 Å². The molecular formula is C8H8BrN3. The van der Waals surface area contributed by atoms with Gasteiger partial charge >= 0.3 is 0 Å². The Kier molecular flexibility index (Phi) is 1.77. The van der Waals surface area contributed by atoms with Crippen molar-refractivity contribution in [1.29, 1.82) is 0 Å². The molecule has 0 aliphatic heterocycles. The fraction of sp³-hybridized carbons (Fsp3) is 0.125. The quantitative estimate of drug-likeness (QED) is 0.794. The maximum absolute atomic E-state index is 4.30. The van der Waals surface area contributed by atoms with E-state index in [-0.39, 0.29) is 0 Å². The van der Waals surface area contributed by atoms with Gasteiger partial charge in [-0.1, -0.05) is 0 Å². The first kappa shape index (κ1) is 7.61. The standard InChI is InChI=1S/C8H8BrN3/c1-6-8(9)5-12(11-6)7-2-3-10-4-7/h2-5,10H,1H3. The highest BCUT2D eigenvalue weighted by Crippen LogP contribution is 2.16. The van der Waals surface area contributed by atoms with Gasteiger partial charge in [0.2, 0.25) is 0 Å². The zero-order chi connectivity index (χ0) is 8.55. The molecule has 12 heavy (non-hydrogen) atoms. The summed E-state index contributed by atoms with van der Waals surface area (Å²) in [4.78, 5) is 2.98. The number of nitrogens with one attached hydrogen (secondary N) is 1. The predicted molar refractivity (Wildman–Crippen MR) is 50.4 cm³/mol. The van der Waals surface area contributed by atoms with Crippen molar-refractivity contribution >= 4 is 15.9 Å². The molecule has 0 bridgehead atoms. The van der Waals surface area contributed by atoms with Crippen LogP contribution in [0.2, 0.25) is 0 Å². The van der Waals surface area contributed by atoms with Crippen molar-refractivity contribution in [2.24, 2.45) is 0 Å². The van der Waals surface area contributed by atoms with Gasteiger partial charge in [-0.05, 0) is 28.9 Å². The SMILES string of the molecule is Cc1nn(-c2cc[nH]c2)cc1Br. The van der Waals surface area contributed by atoms with Gasteiger partial charge in [0.1, 0.15) is 0 Å². The van der Waals surface area contributed by atoms with Gasteiger partial charge in [-0.15, -0.1) is 0 Å². The molecule has 4 heteroatoms. The highest BCUT2D eigenvalue weighted by Gasteiger charge is 2.02. The largest absolute Gasteiger partial charge is 0.366 e. The summed E-state index contributed by atoms with van der Waals surface area (Å²) >= 11 is 3.41. The first-order valence-corrected chi connectivity index (χ1v) is 4.41. The second-order valence-electron chi connectivity index (χ2n) is 2.58. The van der Waals surface area contributed by atoms with Crippen molar-refractivity contribution in [1.82, 2.24) is 14.8 Å². The zero-order valence-corrected chi connectivity index (χ0v) is 8.17. The Morgan fingerprint density at radius 2 is 2.42 bits per heavy atom. The highest BCUT2D eigenvalue weighted by atomic mass is 79.9. The van der Waals surface area contributed by atoms with E-state index in [0.29, 0.717) is 0 Å². The van der Waals surface area contributed by atoms with E-state index in [1.54, 1.807) is 0 Å². The molecule has 0 spiro atoms. The third kappa shape index (κ3) is 1.18. The second kappa shape index (κ2) is 2.79. The fourth-order valence-electron chi connectivity index (χ4n) is 1.03. The van der Waals surface area contributed by atoms with Gasteiger partial charge in [-0.25, -0.2) is 4.68 Å². The van der Waals surface area contributed by atoms with Gasteiger partial charge in [0.15, 0.2) is 0 Å². The van der Waals surface area contributed by atoms with Crippen molar-refractivity contribution in [3.05, 3.63) is 34.8 Å². The number of H-pyrrole nitrogens is 1. The number of aryl methyl sites for hydroxylation is 1. The molecule has 0 saturated heterocycles. The number of hydrogen-bond acceptors (Lipinski definition) is 1. The first-order valence-electron chi connectivity index (χ1n) is 3.62. The predicted octanol–water partition coefficient (Wildman–Crippen LogP) is 2.27. The molecule has 0 aliphatic rings. The van der Waals surface area contributed by atoms with Crippen LogP contribution in [0.4, 0.5) is 0 Å². The number of aromatic nitrogens is 3. The van der Waals surface area contributed by atoms with Crippen LogP contribution < -0.4 is 0 Å². The average Bonchev–Trinajstić information content (AvgIpc) is 2.61. The van der Waals surface area contributed by atoms with Crippen molar-refractivity contribution in [3.8, 4) is 5.69 Å². The molecule has 62 valence electrons. The van der Waals surface area contributed by atoms with Crippen molar-refractivity contribution in [2.45, 2.75) is 6.92 Å². The molecule has 1 N–H and O–H groups in total. The van der Waals surface area contributed by atoms with Crippen molar-refractivity contribution in [2.75, 3.05) is 0 Å². The summed E-state index contributed by atoms with van der Waals surface area (Å²) in [5.41, 5.74) is 2.04. The summed E-state index contributed by atoms with van der Waals surface area (Å²) in [6.45, 7) is 1.97. The fourth-order valence-corrected chi connectivity index (χ4v) is 1.30. The summed E-state index contributed by atoms with van der Waals surface area (Å²) in [6.07, 6.45) is 5.72. The Labute approximate surface area is 78.5 Å². The highest BCUT2D eigenvalue weighted by molar-refractivity contribution is 9.10. The Balaban J connectivity index is 2.48. The molecule has 2 aromatic rings. The molecule has 0 saturated carbocycles. The molecular weight excluding hydrogens is 218 g/mol. The number of halogens is 1. The van der Waals surface area contributed by atoms with Gasteiger partial charge in [-0.2, -0.15) is 5.10 Å². The van der Waals surface area contributed by atoms with E-state index >= 15 is 0 Å². The molecule has 2 rings (SSSR count). The molecule has 2 aromatic heterocycles. The van der Waals surface area contributed by atoms with Crippen LogP contribution in [0.5, 0.6) is 0 Å². The molecule has 0 unspecified atom stereocenters. The summed E-state index contributed by atoms with van der Waals surface area (Å²) < 4.78 is 2.86. The Morgan fingerprint density at radius 1 is 1.58 bits per heavy atom. The maximum Gasteiger partial charge on any atom is 0.0820 e. The molecule has 0 atom stereocenters. The van der Waals surface area contributed by atoms with E-state index in [0.717, 1.165) is 15.9 Å². The lowest BCUT2D eigenvalue weighted by atomic mass is 10.5. The minimum Gasteiger partial charge on any atom is -0.366 e.